The van der Waals surface area contributed by atoms with Crippen LogP contribution in [0.15, 0.2) is 59.3 Å². The Morgan fingerprint density at radius 1 is 1.12 bits per heavy atom. The number of nitrogens with zero attached hydrogens (tertiary/aromatic N) is 3. The number of anilines is 1. The number of ether oxygens (including phenoxy) is 1. The number of hydrogen-bond donors (Lipinski definition) is 1. The molecule has 1 N–H and O–H groups in total. The maximum Gasteiger partial charge on any atom is 0.227 e. The summed E-state index contributed by atoms with van der Waals surface area (Å²) in [6.45, 7) is 0. The first-order valence-electron chi connectivity index (χ1n) is 9.80. The third-order valence-electron chi connectivity index (χ3n) is 4.94. The van der Waals surface area contributed by atoms with E-state index >= 15 is 0 Å². The molecule has 0 aliphatic carbocycles. The maximum absolute atomic E-state index is 13.9. The summed E-state index contributed by atoms with van der Waals surface area (Å²) < 4.78 is 39.4. The molecule has 0 aliphatic rings. The minimum Gasteiger partial charge on any atom is -0.497 e. The van der Waals surface area contributed by atoms with Crippen LogP contribution in [-0.2, 0) is 18.3 Å². The Balaban J connectivity index is 1.37. The molecule has 9 heteroatoms. The number of carbonyl (C=O) groups excluding carboxylic acids is 1. The summed E-state index contributed by atoms with van der Waals surface area (Å²) in [5.74, 6) is -0.0833. The first-order chi connectivity index (χ1) is 15.4. The minimum atomic E-state index is -0.743. The zero-order valence-electron chi connectivity index (χ0n) is 17.4. The first-order valence-corrected chi connectivity index (χ1v) is 9.80. The van der Waals surface area contributed by atoms with Gasteiger partial charge in [0.15, 0.2) is 11.7 Å². The van der Waals surface area contributed by atoms with Crippen LogP contribution in [0.1, 0.15) is 12.3 Å². The van der Waals surface area contributed by atoms with E-state index in [-0.39, 0.29) is 36.0 Å². The molecule has 7 nitrogen and oxygen atoms in total. The summed E-state index contributed by atoms with van der Waals surface area (Å²) in [6.07, 6.45) is 3.33. The zero-order chi connectivity index (χ0) is 22.7. The lowest BCUT2D eigenvalue weighted by Crippen LogP contribution is -2.15. The van der Waals surface area contributed by atoms with Crippen LogP contribution in [0.3, 0.4) is 0 Å². The predicted molar refractivity (Wildman–Crippen MR) is 114 cm³/mol. The third kappa shape index (κ3) is 4.51. The number of aromatic nitrogens is 3. The molecule has 0 fully saturated rings. The van der Waals surface area contributed by atoms with E-state index in [0.29, 0.717) is 5.95 Å². The topological polar surface area (TPSA) is 82.2 Å². The van der Waals surface area contributed by atoms with Crippen molar-refractivity contribution in [3.05, 3.63) is 72.4 Å². The third-order valence-corrected chi connectivity index (χ3v) is 4.94. The second kappa shape index (κ2) is 9.01. The van der Waals surface area contributed by atoms with Gasteiger partial charge in [0, 0.05) is 31.5 Å². The molecule has 4 aromatic rings. The molecule has 0 saturated carbocycles. The van der Waals surface area contributed by atoms with E-state index in [1.807, 2.05) is 24.3 Å². The van der Waals surface area contributed by atoms with Crippen LogP contribution in [0.25, 0.3) is 22.6 Å². The summed E-state index contributed by atoms with van der Waals surface area (Å²) in [4.78, 5) is 20.7. The molecule has 0 atom stereocenters. The molecular formula is C23H20F2N4O3. The largest absolute Gasteiger partial charge is 0.497 e. The van der Waals surface area contributed by atoms with Crippen molar-refractivity contribution in [2.24, 2.45) is 7.05 Å². The minimum absolute atomic E-state index is 0.0938. The molecule has 4 rings (SSSR count). The predicted octanol–water partition coefficient (Wildman–Crippen LogP) is 4.60. The van der Waals surface area contributed by atoms with Gasteiger partial charge >= 0.3 is 0 Å². The fourth-order valence-electron chi connectivity index (χ4n) is 3.20. The molecule has 0 aliphatic heterocycles. The van der Waals surface area contributed by atoms with E-state index < -0.39 is 11.6 Å². The van der Waals surface area contributed by atoms with E-state index in [2.05, 4.69) is 15.3 Å². The van der Waals surface area contributed by atoms with Crippen molar-refractivity contribution in [2.45, 2.75) is 12.8 Å². The van der Waals surface area contributed by atoms with Gasteiger partial charge in [0.25, 0.3) is 0 Å². The highest BCUT2D eigenvalue weighted by Crippen LogP contribution is 2.26. The average Bonchev–Trinajstić information content (AvgIpc) is 3.39. The fraction of sp³-hybridized carbons (Fsp3) is 0.174. The molecule has 0 spiro atoms. The number of rotatable bonds is 7. The van der Waals surface area contributed by atoms with Gasteiger partial charge in [-0.2, -0.15) is 0 Å². The number of imidazole rings is 1. The normalized spacial score (nSPS) is 10.9. The van der Waals surface area contributed by atoms with Gasteiger partial charge in [0.1, 0.15) is 17.4 Å². The van der Waals surface area contributed by atoms with E-state index in [0.717, 1.165) is 29.1 Å². The molecule has 164 valence electrons. The van der Waals surface area contributed by atoms with Crippen molar-refractivity contribution in [3.8, 4) is 28.3 Å². The SMILES string of the molecule is COc1ccc(-c2cnc(NC(=O)CCc3ncc(-c4ccc(F)cc4F)o3)n2C)cc1. The Bertz CT molecular complexity index is 1250. The van der Waals surface area contributed by atoms with Gasteiger partial charge in [-0.3, -0.25) is 10.1 Å². The van der Waals surface area contributed by atoms with Crippen LogP contribution in [0.5, 0.6) is 5.75 Å². The van der Waals surface area contributed by atoms with Crippen molar-refractivity contribution < 1.29 is 22.7 Å². The second-order valence-electron chi connectivity index (χ2n) is 7.05. The van der Waals surface area contributed by atoms with E-state index in [1.54, 1.807) is 24.9 Å². The number of methoxy groups -OCH3 is 1. The Kier molecular flexibility index (Phi) is 5.98. The van der Waals surface area contributed by atoms with Crippen LogP contribution >= 0.6 is 0 Å². The molecule has 1 amide bonds. The highest BCUT2D eigenvalue weighted by Gasteiger charge is 2.15. The van der Waals surface area contributed by atoms with Crippen molar-refractivity contribution >= 4 is 11.9 Å². The molecule has 32 heavy (non-hydrogen) atoms. The fourth-order valence-corrected chi connectivity index (χ4v) is 3.20. The number of amides is 1. The van der Waals surface area contributed by atoms with Crippen molar-refractivity contribution in [1.82, 2.24) is 14.5 Å². The first kappa shape index (κ1) is 21.2. The summed E-state index contributed by atoms with van der Waals surface area (Å²) in [5, 5.41) is 2.76. The number of oxazole rings is 1. The Hall–Kier alpha value is -4.01. The average molecular weight is 438 g/mol. The van der Waals surface area contributed by atoms with Crippen LogP contribution in [-0.4, -0.2) is 27.6 Å². The van der Waals surface area contributed by atoms with Gasteiger partial charge in [-0.15, -0.1) is 0 Å². The Labute approximate surface area is 182 Å². The molecule has 0 bridgehead atoms. The number of carbonyl (C=O) groups is 1. The molecule has 0 saturated heterocycles. The summed E-state index contributed by atoms with van der Waals surface area (Å²) in [5.41, 5.74) is 1.87. The van der Waals surface area contributed by atoms with Gasteiger partial charge in [-0.1, -0.05) is 0 Å². The monoisotopic (exact) mass is 438 g/mol. The second-order valence-corrected chi connectivity index (χ2v) is 7.05. The van der Waals surface area contributed by atoms with Gasteiger partial charge in [-0.05, 0) is 36.4 Å². The van der Waals surface area contributed by atoms with Crippen molar-refractivity contribution in [2.75, 3.05) is 12.4 Å². The highest BCUT2D eigenvalue weighted by atomic mass is 19.1. The number of aryl methyl sites for hydroxylation is 1. The molecule has 2 heterocycles. The lowest BCUT2D eigenvalue weighted by atomic mass is 10.1. The molecule has 0 unspecified atom stereocenters. The lowest BCUT2D eigenvalue weighted by molar-refractivity contribution is -0.116. The van der Waals surface area contributed by atoms with Gasteiger partial charge < -0.3 is 13.7 Å². The van der Waals surface area contributed by atoms with Crippen LogP contribution in [0, 0.1) is 11.6 Å². The van der Waals surface area contributed by atoms with Gasteiger partial charge in [0.05, 0.1) is 30.8 Å². The van der Waals surface area contributed by atoms with Crippen molar-refractivity contribution in [1.29, 1.82) is 0 Å². The number of benzene rings is 2. The molecule has 2 aromatic heterocycles. The quantitative estimate of drug-likeness (QED) is 0.456. The van der Waals surface area contributed by atoms with Crippen LogP contribution in [0.2, 0.25) is 0 Å². The Morgan fingerprint density at radius 2 is 1.91 bits per heavy atom. The van der Waals surface area contributed by atoms with Crippen molar-refractivity contribution in [3.63, 3.8) is 0 Å². The van der Waals surface area contributed by atoms with Gasteiger partial charge in [-0.25, -0.2) is 18.7 Å². The van der Waals surface area contributed by atoms with E-state index in [1.165, 1.54) is 12.3 Å². The Morgan fingerprint density at radius 3 is 2.62 bits per heavy atom. The van der Waals surface area contributed by atoms with Crippen LogP contribution in [0.4, 0.5) is 14.7 Å². The van der Waals surface area contributed by atoms with Crippen LogP contribution < -0.4 is 10.1 Å². The number of nitrogens with one attached hydrogen (secondary N) is 1. The summed E-state index contributed by atoms with van der Waals surface area (Å²) in [7, 11) is 3.41. The van der Waals surface area contributed by atoms with E-state index in [9.17, 15) is 13.6 Å². The summed E-state index contributed by atoms with van der Waals surface area (Å²) in [6, 6.07) is 10.7. The van der Waals surface area contributed by atoms with E-state index in [4.69, 9.17) is 9.15 Å². The molecule has 0 radical (unpaired) electrons. The number of halogens is 2. The molecular weight excluding hydrogens is 418 g/mol. The smallest absolute Gasteiger partial charge is 0.227 e. The highest BCUT2D eigenvalue weighted by molar-refractivity contribution is 5.89. The lowest BCUT2D eigenvalue weighted by Gasteiger charge is -2.08. The number of hydrogen-bond acceptors (Lipinski definition) is 5. The van der Waals surface area contributed by atoms with Gasteiger partial charge in [0.2, 0.25) is 11.9 Å². The zero-order valence-corrected chi connectivity index (χ0v) is 17.4. The summed E-state index contributed by atoms with van der Waals surface area (Å²) >= 11 is 0. The standard InChI is InChI=1S/C23H20F2N4O3/c1-29-19(14-3-6-16(31-2)7-4-14)12-27-23(29)28-21(30)9-10-22-26-13-20(32-22)17-8-5-15(24)11-18(17)25/h3-8,11-13H,9-10H2,1-2H3,(H,27,28,30). The maximum atomic E-state index is 13.9. The molecule has 2 aromatic carbocycles.